The molecule has 1 atom stereocenters. The van der Waals surface area contributed by atoms with Crippen molar-refractivity contribution < 1.29 is 9.59 Å². The van der Waals surface area contributed by atoms with Crippen molar-refractivity contribution in [1.29, 1.82) is 0 Å². The molecule has 22 heavy (non-hydrogen) atoms. The highest BCUT2D eigenvalue weighted by Crippen LogP contribution is 2.19. The normalized spacial score (nSPS) is 17.5. The van der Waals surface area contributed by atoms with Crippen LogP contribution in [-0.2, 0) is 22.6 Å². The van der Waals surface area contributed by atoms with E-state index in [0.717, 1.165) is 31.2 Å². The third kappa shape index (κ3) is 4.09. The van der Waals surface area contributed by atoms with Crippen LogP contribution in [0.4, 0.5) is 0 Å². The predicted octanol–water partition coefficient (Wildman–Crippen LogP) is 2.66. The lowest BCUT2D eigenvalue weighted by Gasteiger charge is -2.24. The predicted molar refractivity (Wildman–Crippen MR) is 87.3 cm³/mol. The van der Waals surface area contributed by atoms with E-state index in [9.17, 15) is 9.59 Å². The maximum absolute atomic E-state index is 12.4. The maximum Gasteiger partial charge on any atom is 0.243 e. The summed E-state index contributed by atoms with van der Waals surface area (Å²) in [5, 5.41) is 2.97. The van der Waals surface area contributed by atoms with Crippen LogP contribution in [-0.4, -0.2) is 29.3 Å². The molecule has 1 aliphatic heterocycles. The summed E-state index contributed by atoms with van der Waals surface area (Å²) in [5.41, 5.74) is 2.39. The van der Waals surface area contributed by atoms with Gasteiger partial charge in [-0.25, -0.2) is 0 Å². The Morgan fingerprint density at radius 2 is 1.86 bits per heavy atom. The van der Waals surface area contributed by atoms with Gasteiger partial charge in [-0.2, -0.15) is 0 Å². The molecule has 4 nitrogen and oxygen atoms in total. The Labute approximate surface area is 132 Å². The lowest BCUT2D eigenvalue weighted by Crippen LogP contribution is -2.45. The number of carbonyl (C=O) groups excluding carboxylic acids is 2. The zero-order valence-corrected chi connectivity index (χ0v) is 13.6. The summed E-state index contributed by atoms with van der Waals surface area (Å²) in [6, 6.07) is 8.00. The molecule has 1 saturated heterocycles. The molecule has 0 bridgehead atoms. The number of amides is 2. The Balaban J connectivity index is 1.89. The first-order valence-corrected chi connectivity index (χ1v) is 8.30. The summed E-state index contributed by atoms with van der Waals surface area (Å²) < 4.78 is 0. The van der Waals surface area contributed by atoms with Crippen molar-refractivity contribution >= 4 is 11.8 Å². The van der Waals surface area contributed by atoms with Gasteiger partial charge in [0.25, 0.3) is 0 Å². The maximum atomic E-state index is 12.4. The Morgan fingerprint density at radius 1 is 1.18 bits per heavy atom. The minimum atomic E-state index is -0.283. The Kier molecular flexibility index (Phi) is 5.99. The minimum Gasteiger partial charge on any atom is -0.350 e. The van der Waals surface area contributed by atoms with Gasteiger partial charge in [-0.05, 0) is 36.8 Å². The summed E-state index contributed by atoms with van der Waals surface area (Å²) in [7, 11) is 0. The SMILES string of the molecule is CCCC(=O)N1CCC[C@@H]1C(=O)NCc1ccc(CC)cc1. The highest BCUT2D eigenvalue weighted by molar-refractivity contribution is 5.88. The third-order valence-electron chi connectivity index (χ3n) is 4.24. The van der Waals surface area contributed by atoms with Crippen LogP contribution in [0.15, 0.2) is 24.3 Å². The van der Waals surface area contributed by atoms with Crippen LogP contribution in [0, 0.1) is 0 Å². The average Bonchev–Trinajstić information content (AvgIpc) is 3.03. The molecule has 0 aliphatic carbocycles. The van der Waals surface area contributed by atoms with Gasteiger partial charge >= 0.3 is 0 Å². The van der Waals surface area contributed by atoms with Gasteiger partial charge in [-0.15, -0.1) is 0 Å². The van der Waals surface area contributed by atoms with E-state index in [-0.39, 0.29) is 17.9 Å². The fourth-order valence-corrected chi connectivity index (χ4v) is 2.90. The topological polar surface area (TPSA) is 49.4 Å². The molecule has 2 rings (SSSR count). The molecule has 1 aromatic carbocycles. The van der Waals surface area contributed by atoms with E-state index in [0.29, 0.717) is 19.5 Å². The van der Waals surface area contributed by atoms with E-state index in [4.69, 9.17) is 0 Å². The number of hydrogen-bond donors (Lipinski definition) is 1. The standard InChI is InChI=1S/C18H26N2O2/c1-3-6-17(21)20-12-5-7-16(20)18(22)19-13-15-10-8-14(4-2)9-11-15/h8-11,16H,3-7,12-13H2,1-2H3,(H,19,22)/t16-/m1/s1. The van der Waals surface area contributed by atoms with E-state index >= 15 is 0 Å². The van der Waals surface area contributed by atoms with Crippen LogP contribution in [0.3, 0.4) is 0 Å². The monoisotopic (exact) mass is 302 g/mol. The van der Waals surface area contributed by atoms with Gasteiger partial charge in [0.1, 0.15) is 6.04 Å². The van der Waals surface area contributed by atoms with Crippen molar-refractivity contribution in [1.82, 2.24) is 10.2 Å². The number of likely N-dealkylation sites (tertiary alicyclic amines) is 1. The molecular formula is C18H26N2O2. The molecule has 1 aromatic rings. The molecule has 2 amide bonds. The number of nitrogens with one attached hydrogen (secondary N) is 1. The Hall–Kier alpha value is -1.84. The van der Waals surface area contributed by atoms with Crippen molar-refractivity contribution in [2.24, 2.45) is 0 Å². The molecule has 0 saturated carbocycles. The molecule has 1 N–H and O–H groups in total. The van der Waals surface area contributed by atoms with Crippen LogP contribution >= 0.6 is 0 Å². The number of aryl methyl sites for hydroxylation is 1. The van der Waals surface area contributed by atoms with Crippen molar-refractivity contribution in [3.63, 3.8) is 0 Å². The summed E-state index contributed by atoms with van der Waals surface area (Å²) >= 11 is 0. The van der Waals surface area contributed by atoms with Gasteiger partial charge < -0.3 is 10.2 Å². The summed E-state index contributed by atoms with van der Waals surface area (Å²) in [6.45, 7) is 5.35. The summed E-state index contributed by atoms with van der Waals surface area (Å²) in [4.78, 5) is 26.2. The smallest absolute Gasteiger partial charge is 0.243 e. The van der Waals surface area contributed by atoms with E-state index in [1.54, 1.807) is 4.90 Å². The number of hydrogen-bond acceptors (Lipinski definition) is 2. The second kappa shape index (κ2) is 7.97. The number of rotatable bonds is 6. The van der Waals surface area contributed by atoms with Crippen molar-refractivity contribution in [2.75, 3.05) is 6.54 Å². The Morgan fingerprint density at radius 3 is 2.50 bits per heavy atom. The second-order valence-corrected chi connectivity index (χ2v) is 5.88. The van der Waals surface area contributed by atoms with Crippen LogP contribution in [0.1, 0.15) is 50.7 Å². The lowest BCUT2D eigenvalue weighted by molar-refractivity contribution is -0.138. The van der Waals surface area contributed by atoms with E-state index in [2.05, 4.69) is 24.4 Å². The van der Waals surface area contributed by atoms with Gasteiger partial charge in [0.2, 0.25) is 11.8 Å². The van der Waals surface area contributed by atoms with E-state index in [1.165, 1.54) is 5.56 Å². The molecule has 120 valence electrons. The van der Waals surface area contributed by atoms with Gasteiger partial charge in [0.15, 0.2) is 0 Å². The number of carbonyl (C=O) groups is 2. The van der Waals surface area contributed by atoms with Crippen molar-refractivity contribution in [3.8, 4) is 0 Å². The molecule has 1 aliphatic rings. The van der Waals surface area contributed by atoms with Gasteiger partial charge in [-0.3, -0.25) is 9.59 Å². The first-order valence-electron chi connectivity index (χ1n) is 8.30. The molecule has 1 heterocycles. The average molecular weight is 302 g/mol. The van der Waals surface area contributed by atoms with Crippen LogP contribution < -0.4 is 5.32 Å². The van der Waals surface area contributed by atoms with Gasteiger partial charge in [0.05, 0.1) is 0 Å². The molecular weight excluding hydrogens is 276 g/mol. The van der Waals surface area contributed by atoms with Crippen molar-refractivity contribution in [2.45, 2.75) is 58.5 Å². The minimum absolute atomic E-state index is 0.0264. The molecule has 0 unspecified atom stereocenters. The largest absolute Gasteiger partial charge is 0.350 e. The Bertz CT molecular complexity index is 510. The molecule has 4 heteroatoms. The third-order valence-corrected chi connectivity index (χ3v) is 4.24. The van der Waals surface area contributed by atoms with Crippen LogP contribution in [0.5, 0.6) is 0 Å². The zero-order chi connectivity index (χ0) is 15.9. The number of nitrogens with zero attached hydrogens (tertiary/aromatic N) is 1. The fourth-order valence-electron chi connectivity index (χ4n) is 2.90. The lowest BCUT2D eigenvalue weighted by atomic mass is 10.1. The molecule has 0 aromatic heterocycles. The highest BCUT2D eigenvalue weighted by atomic mass is 16.2. The van der Waals surface area contributed by atoms with Gasteiger partial charge in [-0.1, -0.05) is 38.1 Å². The first-order chi connectivity index (χ1) is 10.7. The fraction of sp³-hybridized carbons (Fsp3) is 0.556. The summed E-state index contributed by atoms with van der Waals surface area (Å²) in [6.07, 6.45) is 4.06. The second-order valence-electron chi connectivity index (χ2n) is 5.88. The van der Waals surface area contributed by atoms with Crippen LogP contribution in [0.25, 0.3) is 0 Å². The van der Waals surface area contributed by atoms with Crippen molar-refractivity contribution in [3.05, 3.63) is 35.4 Å². The molecule has 0 spiro atoms. The van der Waals surface area contributed by atoms with Crippen LogP contribution in [0.2, 0.25) is 0 Å². The van der Waals surface area contributed by atoms with E-state index < -0.39 is 0 Å². The number of benzene rings is 1. The van der Waals surface area contributed by atoms with Gasteiger partial charge in [0, 0.05) is 19.5 Å². The molecule has 1 fully saturated rings. The molecule has 0 radical (unpaired) electrons. The zero-order valence-electron chi connectivity index (χ0n) is 13.6. The highest BCUT2D eigenvalue weighted by Gasteiger charge is 2.33. The summed E-state index contributed by atoms with van der Waals surface area (Å²) in [5.74, 6) is 0.0777. The first kappa shape index (κ1) is 16.5. The quantitative estimate of drug-likeness (QED) is 0.878. The van der Waals surface area contributed by atoms with E-state index in [1.807, 2.05) is 19.1 Å².